The molecule has 2 heterocycles. The van der Waals surface area contributed by atoms with Crippen molar-refractivity contribution in [2.75, 3.05) is 4.90 Å². The summed E-state index contributed by atoms with van der Waals surface area (Å²) in [5, 5.41) is 7.00. The monoisotopic (exact) mass is 778 g/mol. The molecular formula is C58H38N2O. The van der Waals surface area contributed by atoms with Crippen molar-refractivity contribution in [2.45, 2.75) is 0 Å². The normalized spacial score (nSPS) is 11.6. The molecule has 3 heteroatoms. The van der Waals surface area contributed by atoms with Gasteiger partial charge in [-0.15, -0.1) is 0 Å². The first-order valence-electron chi connectivity index (χ1n) is 20.8. The van der Waals surface area contributed by atoms with Gasteiger partial charge >= 0.3 is 0 Å². The molecule has 3 nitrogen and oxygen atoms in total. The van der Waals surface area contributed by atoms with Crippen LogP contribution < -0.4 is 4.90 Å². The topological polar surface area (TPSA) is 21.3 Å². The largest absolute Gasteiger partial charge is 0.455 e. The van der Waals surface area contributed by atoms with Gasteiger partial charge in [-0.3, -0.25) is 0 Å². The molecule has 0 aliphatic heterocycles. The number of aromatic nitrogens is 1. The molecule has 0 radical (unpaired) electrons. The zero-order valence-electron chi connectivity index (χ0n) is 33.2. The van der Waals surface area contributed by atoms with E-state index in [1.165, 1.54) is 49.3 Å². The summed E-state index contributed by atoms with van der Waals surface area (Å²) in [5.74, 6) is 0. The fourth-order valence-electron chi connectivity index (χ4n) is 9.28. The third kappa shape index (κ3) is 5.90. The van der Waals surface area contributed by atoms with Crippen LogP contribution in [0.5, 0.6) is 0 Å². The van der Waals surface area contributed by atoms with Gasteiger partial charge in [0.15, 0.2) is 0 Å². The molecule has 12 aromatic rings. The van der Waals surface area contributed by atoms with Gasteiger partial charge in [-0.2, -0.15) is 0 Å². The van der Waals surface area contributed by atoms with E-state index in [1.54, 1.807) is 0 Å². The lowest BCUT2D eigenvalue weighted by Gasteiger charge is -2.27. The molecule has 0 unspecified atom stereocenters. The Morgan fingerprint density at radius 1 is 0.344 bits per heavy atom. The van der Waals surface area contributed by atoms with E-state index in [9.17, 15) is 0 Å². The van der Waals surface area contributed by atoms with Gasteiger partial charge in [0.1, 0.15) is 11.2 Å². The second kappa shape index (κ2) is 14.3. The number of fused-ring (bicyclic) bond motifs is 8. The van der Waals surface area contributed by atoms with Gasteiger partial charge in [0, 0.05) is 49.9 Å². The minimum atomic E-state index is 0.871. The van der Waals surface area contributed by atoms with Gasteiger partial charge in [-0.25, -0.2) is 0 Å². The van der Waals surface area contributed by atoms with E-state index in [4.69, 9.17) is 4.42 Å². The maximum Gasteiger partial charge on any atom is 0.143 e. The maximum absolute atomic E-state index is 6.98. The van der Waals surface area contributed by atoms with Gasteiger partial charge in [0.2, 0.25) is 0 Å². The van der Waals surface area contributed by atoms with Crippen molar-refractivity contribution in [3.8, 4) is 39.1 Å². The molecule has 2 aromatic heterocycles. The van der Waals surface area contributed by atoms with E-state index in [-0.39, 0.29) is 0 Å². The van der Waals surface area contributed by atoms with E-state index < -0.39 is 0 Å². The van der Waals surface area contributed by atoms with Gasteiger partial charge < -0.3 is 13.9 Å². The molecule has 0 bridgehead atoms. The quantitative estimate of drug-likeness (QED) is 0.161. The molecule has 10 aromatic carbocycles. The lowest BCUT2D eigenvalue weighted by molar-refractivity contribution is 0.670. The molecule has 61 heavy (non-hydrogen) atoms. The Kier molecular flexibility index (Phi) is 8.17. The highest BCUT2D eigenvalue weighted by molar-refractivity contribution is 6.22. The summed E-state index contributed by atoms with van der Waals surface area (Å²) < 4.78 is 9.37. The van der Waals surface area contributed by atoms with Crippen molar-refractivity contribution < 1.29 is 4.42 Å². The van der Waals surface area contributed by atoms with Crippen LogP contribution in [0.25, 0.3) is 93.6 Å². The molecule has 0 aliphatic rings. The Bertz CT molecular complexity index is 3470. The number of para-hydroxylation sites is 2. The fourth-order valence-corrected chi connectivity index (χ4v) is 9.28. The van der Waals surface area contributed by atoms with Crippen molar-refractivity contribution in [3.05, 3.63) is 231 Å². The van der Waals surface area contributed by atoms with Crippen molar-refractivity contribution in [2.24, 2.45) is 0 Å². The maximum atomic E-state index is 6.98. The van der Waals surface area contributed by atoms with E-state index in [0.717, 1.165) is 61.3 Å². The van der Waals surface area contributed by atoms with Crippen LogP contribution in [-0.2, 0) is 0 Å². The van der Waals surface area contributed by atoms with Crippen LogP contribution in [0.4, 0.5) is 17.1 Å². The minimum Gasteiger partial charge on any atom is -0.455 e. The van der Waals surface area contributed by atoms with Crippen LogP contribution in [0.1, 0.15) is 0 Å². The molecule has 0 saturated heterocycles. The van der Waals surface area contributed by atoms with Gasteiger partial charge in [0.25, 0.3) is 0 Å². The van der Waals surface area contributed by atoms with Gasteiger partial charge in [-0.1, -0.05) is 164 Å². The fraction of sp³-hybridized carbons (Fsp3) is 0. The van der Waals surface area contributed by atoms with Gasteiger partial charge in [0.05, 0.1) is 11.0 Å². The van der Waals surface area contributed by atoms with E-state index in [1.807, 2.05) is 0 Å². The first-order chi connectivity index (χ1) is 30.2. The lowest BCUT2D eigenvalue weighted by Crippen LogP contribution is -2.10. The Hall–Kier alpha value is -8.14. The predicted octanol–water partition coefficient (Wildman–Crippen LogP) is 16.3. The van der Waals surface area contributed by atoms with Crippen LogP contribution >= 0.6 is 0 Å². The van der Waals surface area contributed by atoms with Crippen molar-refractivity contribution in [1.29, 1.82) is 0 Å². The molecule has 0 amide bonds. The zero-order valence-corrected chi connectivity index (χ0v) is 33.2. The van der Waals surface area contributed by atoms with E-state index in [0.29, 0.717) is 0 Å². The zero-order chi connectivity index (χ0) is 40.3. The standard InChI is InChI=1S/C58H38N2O/c1-4-14-39(15-5-1)41-24-30-46(31-25-41)59(47-32-26-42(27-33-47)40-16-6-2-7-17-40)48-37-52(58-53(38-48)57-49-21-11-10-18-43(49)29-35-56(57)61-58)44-28-34-51-50-22-12-13-23-54(50)60(55(51)36-44)45-19-8-3-9-20-45/h1-38H. The number of furan rings is 1. The summed E-state index contributed by atoms with van der Waals surface area (Å²) in [5.41, 5.74) is 15.2. The molecule has 0 spiro atoms. The van der Waals surface area contributed by atoms with Crippen LogP contribution in [0.2, 0.25) is 0 Å². The first kappa shape index (κ1) is 34.9. The van der Waals surface area contributed by atoms with Crippen molar-refractivity contribution >= 4 is 71.6 Å². The Balaban J connectivity index is 1.13. The summed E-state index contributed by atoms with van der Waals surface area (Å²) in [4.78, 5) is 2.38. The molecule has 286 valence electrons. The summed E-state index contributed by atoms with van der Waals surface area (Å²) >= 11 is 0. The summed E-state index contributed by atoms with van der Waals surface area (Å²) in [6.45, 7) is 0. The number of anilines is 3. The second-order valence-electron chi connectivity index (χ2n) is 15.7. The minimum absolute atomic E-state index is 0.871. The Labute approximate surface area is 353 Å². The molecule has 0 aliphatic carbocycles. The van der Waals surface area contributed by atoms with Crippen molar-refractivity contribution in [3.63, 3.8) is 0 Å². The molecule has 0 saturated carbocycles. The first-order valence-corrected chi connectivity index (χ1v) is 20.8. The highest BCUT2D eigenvalue weighted by Gasteiger charge is 2.22. The SMILES string of the molecule is c1ccc(-c2ccc(N(c3ccc(-c4ccccc4)cc3)c3cc(-c4ccc5c6ccccc6n(-c6ccccc6)c5c4)c4oc5ccc6ccccc6c5c4c3)cc2)cc1. The number of benzene rings is 10. The van der Waals surface area contributed by atoms with E-state index in [2.05, 4.69) is 240 Å². The van der Waals surface area contributed by atoms with Crippen LogP contribution in [0, 0.1) is 0 Å². The van der Waals surface area contributed by atoms with Crippen LogP contribution in [0.3, 0.4) is 0 Å². The molecule has 12 rings (SSSR count). The Morgan fingerprint density at radius 3 is 1.56 bits per heavy atom. The van der Waals surface area contributed by atoms with Crippen molar-refractivity contribution in [1.82, 2.24) is 4.57 Å². The number of nitrogens with zero attached hydrogens (tertiary/aromatic N) is 2. The second-order valence-corrected chi connectivity index (χ2v) is 15.7. The Morgan fingerprint density at radius 2 is 0.885 bits per heavy atom. The third-order valence-electron chi connectivity index (χ3n) is 12.2. The number of hydrogen-bond acceptors (Lipinski definition) is 2. The third-order valence-corrected chi connectivity index (χ3v) is 12.2. The highest BCUT2D eigenvalue weighted by atomic mass is 16.3. The summed E-state index contributed by atoms with van der Waals surface area (Å²) in [7, 11) is 0. The van der Waals surface area contributed by atoms with Crippen LogP contribution in [0.15, 0.2) is 235 Å². The van der Waals surface area contributed by atoms with Crippen LogP contribution in [-0.4, -0.2) is 4.57 Å². The van der Waals surface area contributed by atoms with E-state index >= 15 is 0 Å². The summed E-state index contributed by atoms with van der Waals surface area (Å²) in [6.07, 6.45) is 0. The average molecular weight is 779 g/mol. The average Bonchev–Trinajstić information content (AvgIpc) is 3.88. The molecular weight excluding hydrogens is 741 g/mol. The van der Waals surface area contributed by atoms with Gasteiger partial charge in [-0.05, 0) is 105 Å². The lowest BCUT2D eigenvalue weighted by atomic mass is 9.97. The smallest absolute Gasteiger partial charge is 0.143 e. The number of hydrogen-bond donors (Lipinski definition) is 0. The predicted molar refractivity (Wildman–Crippen MR) is 257 cm³/mol. The number of rotatable bonds is 7. The molecule has 0 N–H and O–H groups in total. The highest BCUT2D eigenvalue weighted by Crippen LogP contribution is 2.46. The molecule has 0 fully saturated rings. The molecule has 0 atom stereocenters. The summed E-state index contributed by atoms with van der Waals surface area (Å²) in [6, 6.07) is 82.9.